The highest BCUT2D eigenvalue weighted by Gasteiger charge is 2.14. The van der Waals surface area contributed by atoms with Gasteiger partial charge in [-0.05, 0) is 6.92 Å². The van der Waals surface area contributed by atoms with Crippen LogP contribution >= 0.6 is 0 Å². The third kappa shape index (κ3) is 2.03. The van der Waals surface area contributed by atoms with Crippen molar-refractivity contribution in [3.63, 3.8) is 0 Å². The van der Waals surface area contributed by atoms with E-state index in [4.69, 9.17) is 0 Å². The minimum Gasteiger partial charge on any atom is -0.211 e. The predicted molar refractivity (Wildman–Crippen MR) is 43.9 cm³/mol. The summed E-state index contributed by atoms with van der Waals surface area (Å²) in [6.45, 7) is 1.85. The maximum Gasteiger partial charge on any atom is 0.236 e. The molecule has 1 aliphatic carbocycles. The molecule has 0 aromatic carbocycles. The molecule has 0 saturated heterocycles. The average Bonchev–Trinajstić information content (AvgIpc) is 2.15. The lowest BCUT2D eigenvalue weighted by Gasteiger charge is -2.11. The van der Waals surface area contributed by atoms with Crippen molar-refractivity contribution in [3.8, 4) is 0 Å². The zero-order chi connectivity index (χ0) is 8.16. The van der Waals surface area contributed by atoms with Gasteiger partial charge in [0, 0.05) is 0 Å². The first-order chi connectivity index (χ1) is 5.27. The molecule has 0 atom stereocenters. The van der Waals surface area contributed by atoms with Gasteiger partial charge in [0.25, 0.3) is 0 Å². The highest BCUT2D eigenvalue weighted by atomic mass is 16.1. The second-order valence-corrected chi connectivity index (χ2v) is 2.53. The van der Waals surface area contributed by atoms with Crippen LogP contribution in [0.1, 0.15) is 6.92 Å². The zero-order valence-electron chi connectivity index (χ0n) is 6.32. The van der Waals surface area contributed by atoms with E-state index in [0.717, 1.165) is 0 Å². The van der Waals surface area contributed by atoms with E-state index in [2.05, 4.69) is 4.99 Å². The number of isocyanates is 1. The second kappa shape index (κ2) is 3.13. The number of aliphatic imine (C=N–C) groups is 1. The molecule has 2 heteroatoms. The van der Waals surface area contributed by atoms with Crippen LogP contribution in [0.5, 0.6) is 0 Å². The molecule has 1 rings (SSSR count). The van der Waals surface area contributed by atoms with Crippen LogP contribution < -0.4 is 0 Å². The number of hydrogen-bond acceptors (Lipinski definition) is 2. The van der Waals surface area contributed by atoms with Crippen LogP contribution in [0.15, 0.2) is 41.4 Å². The van der Waals surface area contributed by atoms with Crippen LogP contribution in [0.4, 0.5) is 0 Å². The van der Waals surface area contributed by atoms with Crippen molar-refractivity contribution < 1.29 is 4.79 Å². The summed E-state index contributed by atoms with van der Waals surface area (Å²) in [4.78, 5) is 13.7. The Kier molecular flexibility index (Phi) is 2.19. The van der Waals surface area contributed by atoms with Crippen molar-refractivity contribution in [1.82, 2.24) is 0 Å². The van der Waals surface area contributed by atoms with Gasteiger partial charge < -0.3 is 0 Å². The Morgan fingerprint density at radius 2 is 1.73 bits per heavy atom. The fourth-order valence-electron chi connectivity index (χ4n) is 0.857. The molecule has 0 saturated carbocycles. The van der Waals surface area contributed by atoms with E-state index < -0.39 is 5.54 Å². The Morgan fingerprint density at radius 3 is 2.18 bits per heavy atom. The van der Waals surface area contributed by atoms with E-state index in [1.165, 1.54) is 0 Å². The van der Waals surface area contributed by atoms with E-state index >= 15 is 0 Å². The molecule has 56 valence electrons. The Bertz CT molecular complexity index is 251. The van der Waals surface area contributed by atoms with Gasteiger partial charge in [-0.2, -0.15) is 4.99 Å². The number of hydrogen-bond donors (Lipinski definition) is 0. The zero-order valence-corrected chi connectivity index (χ0v) is 6.32. The van der Waals surface area contributed by atoms with Gasteiger partial charge in [-0.3, -0.25) is 0 Å². The molecule has 11 heavy (non-hydrogen) atoms. The summed E-state index contributed by atoms with van der Waals surface area (Å²) in [5.74, 6) is 0. The van der Waals surface area contributed by atoms with Gasteiger partial charge in [-0.1, -0.05) is 36.5 Å². The lowest BCUT2D eigenvalue weighted by Crippen LogP contribution is -2.13. The fraction of sp³-hybridized carbons (Fsp3) is 0.222. The van der Waals surface area contributed by atoms with Crippen molar-refractivity contribution in [3.05, 3.63) is 36.5 Å². The van der Waals surface area contributed by atoms with Crippen LogP contribution in [-0.4, -0.2) is 11.6 Å². The maximum absolute atomic E-state index is 10.0. The summed E-state index contributed by atoms with van der Waals surface area (Å²) in [5.41, 5.74) is -0.509. The summed E-state index contributed by atoms with van der Waals surface area (Å²) in [6.07, 6.45) is 12.7. The molecule has 0 unspecified atom stereocenters. The molecule has 0 amide bonds. The molecule has 1 aliphatic rings. The lowest BCUT2D eigenvalue weighted by molar-refractivity contribution is 0.556. The maximum atomic E-state index is 10.0. The molecule has 0 spiro atoms. The number of carbonyl (C=O) groups excluding carboxylic acids is 1. The smallest absolute Gasteiger partial charge is 0.211 e. The van der Waals surface area contributed by atoms with Gasteiger partial charge in [-0.15, -0.1) is 0 Å². The quantitative estimate of drug-likeness (QED) is 0.410. The van der Waals surface area contributed by atoms with Gasteiger partial charge >= 0.3 is 0 Å². The van der Waals surface area contributed by atoms with Crippen LogP contribution in [0.25, 0.3) is 0 Å². The molecule has 0 aromatic rings. The SMILES string of the molecule is CC1(N=C=O)C=CC=CC=C1. The van der Waals surface area contributed by atoms with E-state index in [1.54, 1.807) is 6.08 Å². The van der Waals surface area contributed by atoms with Crippen molar-refractivity contribution in [2.75, 3.05) is 0 Å². The van der Waals surface area contributed by atoms with E-state index in [9.17, 15) is 4.79 Å². The number of nitrogens with zero attached hydrogens (tertiary/aromatic N) is 1. The Labute approximate surface area is 65.6 Å². The summed E-state index contributed by atoms with van der Waals surface area (Å²) < 4.78 is 0. The van der Waals surface area contributed by atoms with Crippen LogP contribution in [0, 0.1) is 0 Å². The summed E-state index contributed by atoms with van der Waals surface area (Å²) in [5, 5.41) is 0. The minimum absolute atomic E-state index is 0.509. The summed E-state index contributed by atoms with van der Waals surface area (Å²) >= 11 is 0. The largest absolute Gasteiger partial charge is 0.236 e. The third-order valence-corrected chi connectivity index (χ3v) is 1.49. The van der Waals surface area contributed by atoms with Crippen molar-refractivity contribution in [2.45, 2.75) is 12.5 Å². The average molecular weight is 147 g/mol. The standard InChI is InChI=1S/C9H9NO/c1-9(10-8-11)6-4-2-3-5-7-9/h2-7H,1H3. The van der Waals surface area contributed by atoms with Crippen LogP contribution in [0.2, 0.25) is 0 Å². The van der Waals surface area contributed by atoms with E-state index in [1.807, 2.05) is 43.4 Å². The van der Waals surface area contributed by atoms with Crippen LogP contribution in [0.3, 0.4) is 0 Å². The van der Waals surface area contributed by atoms with Gasteiger partial charge in [0.1, 0.15) is 5.54 Å². The monoisotopic (exact) mass is 147 g/mol. The van der Waals surface area contributed by atoms with E-state index in [-0.39, 0.29) is 0 Å². The molecule has 0 bridgehead atoms. The molecule has 0 aliphatic heterocycles. The van der Waals surface area contributed by atoms with Crippen molar-refractivity contribution >= 4 is 6.08 Å². The normalized spacial score (nSPS) is 19.0. The fourth-order valence-corrected chi connectivity index (χ4v) is 0.857. The molecule has 0 radical (unpaired) electrons. The first-order valence-corrected chi connectivity index (χ1v) is 3.40. The van der Waals surface area contributed by atoms with E-state index in [0.29, 0.717) is 0 Å². The molecular weight excluding hydrogens is 138 g/mol. The number of rotatable bonds is 1. The first-order valence-electron chi connectivity index (χ1n) is 3.40. The molecule has 0 heterocycles. The molecule has 0 N–H and O–H groups in total. The molecule has 0 fully saturated rings. The van der Waals surface area contributed by atoms with Gasteiger partial charge in [0.15, 0.2) is 0 Å². The third-order valence-electron chi connectivity index (χ3n) is 1.49. The highest BCUT2D eigenvalue weighted by molar-refractivity contribution is 5.39. The highest BCUT2D eigenvalue weighted by Crippen LogP contribution is 2.15. The van der Waals surface area contributed by atoms with Gasteiger partial charge in [-0.25, -0.2) is 4.79 Å². The molecular formula is C9H9NO. The molecule has 0 aromatic heterocycles. The lowest BCUT2D eigenvalue weighted by atomic mass is 10.0. The van der Waals surface area contributed by atoms with Gasteiger partial charge in [0.2, 0.25) is 6.08 Å². The van der Waals surface area contributed by atoms with Crippen LogP contribution in [-0.2, 0) is 4.79 Å². The van der Waals surface area contributed by atoms with Crippen molar-refractivity contribution in [1.29, 1.82) is 0 Å². The Hall–Kier alpha value is -1.40. The predicted octanol–water partition coefficient (Wildman–Crippen LogP) is 1.76. The van der Waals surface area contributed by atoms with Crippen molar-refractivity contribution in [2.24, 2.45) is 4.99 Å². The summed E-state index contributed by atoms with van der Waals surface area (Å²) in [6, 6.07) is 0. The number of allylic oxidation sites excluding steroid dienone is 4. The first kappa shape index (κ1) is 7.70. The minimum atomic E-state index is -0.509. The molecule has 2 nitrogen and oxygen atoms in total. The summed E-state index contributed by atoms with van der Waals surface area (Å²) in [7, 11) is 0. The Balaban J connectivity index is 2.95. The topological polar surface area (TPSA) is 29.4 Å². The van der Waals surface area contributed by atoms with Gasteiger partial charge in [0.05, 0.1) is 0 Å². The second-order valence-electron chi connectivity index (χ2n) is 2.53. The Morgan fingerprint density at radius 1 is 1.18 bits per heavy atom.